The molecule has 3 aromatic heterocycles. The zero-order valence-corrected chi connectivity index (χ0v) is 14.4. The summed E-state index contributed by atoms with van der Waals surface area (Å²) in [7, 11) is 1.33. The second-order valence-corrected chi connectivity index (χ2v) is 6.40. The van der Waals surface area contributed by atoms with Crippen LogP contribution in [0.25, 0.3) is 22.4 Å². The zero-order chi connectivity index (χ0) is 18.1. The van der Waals surface area contributed by atoms with E-state index in [-0.39, 0.29) is 5.56 Å². The Kier molecular flexibility index (Phi) is 4.02. The van der Waals surface area contributed by atoms with E-state index >= 15 is 0 Å². The standard InChI is InChI=1S/C18H12N4O3S/c1-25-17(24)13-4-2-11(3-5-13)10-14-16(23)22-18(26-14)20-15(21-22)12-6-8-19-9-7-12/h2-10H,1H3. The van der Waals surface area contributed by atoms with Crippen molar-refractivity contribution >= 4 is 28.3 Å². The first-order valence-corrected chi connectivity index (χ1v) is 8.47. The third kappa shape index (κ3) is 2.86. The van der Waals surface area contributed by atoms with Gasteiger partial charge in [-0.3, -0.25) is 9.78 Å². The molecule has 0 atom stereocenters. The molecule has 1 aromatic carbocycles. The van der Waals surface area contributed by atoms with E-state index in [2.05, 4.69) is 19.8 Å². The van der Waals surface area contributed by atoms with Crippen molar-refractivity contribution < 1.29 is 9.53 Å². The monoisotopic (exact) mass is 364 g/mol. The molecule has 3 heterocycles. The summed E-state index contributed by atoms with van der Waals surface area (Å²) in [5, 5.41) is 4.29. The minimum absolute atomic E-state index is 0.227. The van der Waals surface area contributed by atoms with Crippen LogP contribution in [0.4, 0.5) is 0 Å². The second-order valence-electron chi connectivity index (χ2n) is 5.40. The number of aromatic nitrogens is 4. The molecule has 4 rings (SSSR count). The van der Waals surface area contributed by atoms with Crippen LogP contribution >= 0.6 is 11.3 Å². The molecule has 0 unspecified atom stereocenters. The number of fused-ring (bicyclic) bond motifs is 1. The molecule has 0 radical (unpaired) electrons. The Morgan fingerprint density at radius 2 is 1.88 bits per heavy atom. The number of thiazole rings is 1. The van der Waals surface area contributed by atoms with Gasteiger partial charge in [0.2, 0.25) is 4.96 Å². The molecular weight excluding hydrogens is 352 g/mol. The smallest absolute Gasteiger partial charge is 0.337 e. The fourth-order valence-electron chi connectivity index (χ4n) is 2.44. The van der Waals surface area contributed by atoms with Gasteiger partial charge in [0.05, 0.1) is 17.2 Å². The normalized spacial score (nSPS) is 11.8. The van der Waals surface area contributed by atoms with E-state index in [0.717, 1.165) is 11.1 Å². The van der Waals surface area contributed by atoms with E-state index < -0.39 is 5.97 Å². The van der Waals surface area contributed by atoms with Crippen LogP contribution in [0.3, 0.4) is 0 Å². The van der Waals surface area contributed by atoms with Gasteiger partial charge in [-0.25, -0.2) is 4.79 Å². The van der Waals surface area contributed by atoms with Gasteiger partial charge in [-0.1, -0.05) is 23.5 Å². The van der Waals surface area contributed by atoms with Crippen LogP contribution in [-0.2, 0) is 4.74 Å². The highest BCUT2D eigenvalue weighted by Gasteiger charge is 2.12. The van der Waals surface area contributed by atoms with E-state index in [1.54, 1.807) is 54.9 Å². The fraction of sp³-hybridized carbons (Fsp3) is 0.0556. The summed E-state index contributed by atoms with van der Waals surface area (Å²) in [6.07, 6.45) is 5.05. The average molecular weight is 364 g/mol. The van der Waals surface area contributed by atoms with Gasteiger partial charge < -0.3 is 4.74 Å². The Morgan fingerprint density at radius 3 is 2.54 bits per heavy atom. The zero-order valence-electron chi connectivity index (χ0n) is 13.6. The predicted molar refractivity (Wildman–Crippen MR) is 96.9 cm³/mol. The third-order valence-corrected chi connectivity index (χ3v) is 4.71. The van der Waals surface area contributed by atoms with Crippen molar-refractivity contribution in [1.29, 1.82) is 0 Å². The number of methoxy groups -OCH3 is 1. The van der Waals surface area contributed by atoms with Crippen molar-refractivity contribution in [1.82, 2.24) is 19.6 Å². The van der Waals surface area contributed by atoms with Crippen molar-refractivity contribution in [3.05, 3.63) is 74.8 Å². The number of carbonyl (C=O) groups is 1. The third-order valence-electron chi connectivity index (χ3n) is 3.75. The molecule has 26 heavy (non-hydrogen) atoms. The molecule has 0 aliphatic heterocycles. The molecular formula is C18H12N4O3S. The molecule has 0 saturated carbocycles. The van der Waals surface area contributed by atoms with Crippen LogP contribution in [0.15, 0.2) is 53.6 Å². The summed E-state index contributed by atoms with van der Waals surface area (Å²) in [4.78, 5) is 32.9. The maximum absolute atomic E-state index is 12.6. The van der Waals surface area contributed by atoms with Crippen molar-refractivity contribution in [3.8, 4) is 11.4 Å². The number of ether oxygens (including phenoxy) is 1. The fourth-order valence-corrected chi connectivity index (χ4v) is 3.35. The van der Waals surface area contributed by atoms with Gasteiger partial charge in [-0.05, 0) is 35.9 Å². The van der Waals surface area contributed by atoms with Gasteiger partial charge in [0.15, 0.2) is 5.82 Å². The number of hydrogen-bond donors (Lipinski definition) is 0. The van der Waals surface area contributed by atoms with Crippen molar-refractivity contribution in [2.45, 2.75) is 0 Å². The highest BCUT2D eigenvalue weighted by atomic mass is 32.1. The quantitative estimate of drug-likeness (QED) is 0.513. The van der Waals surface area contributed by atoms with Crippen LogP contribution in [-0.4, -0.2) is 32.7 Å². The van der Waals surface area contributed by atoms with Gasteiger partial charge in [0.1, 0.15) is 0 Å². The minimum Gasteiger partial charge on any atom is -0.465 e. The Balaban J connectivity index is 1.72. The number of rotatable bonds is 3. The van der Waals surface area contributed by atoms with Gasteiger partial charge in [-0.2, -0.15) is 9.50 Å². The Hall–Kier alpha value is -3.39. The lowest BCUT2D eigenvalue weighted by molar-refractivity contribution is 0.0600. The van der Waals surface area contributed by atoms with Crippen molar-refractivity contribution in [2.75, 3.05) is 7.11 Å². The maximum Gasteiger partial charge on any atom is 0.337 e. The van der Waals surface area contributed by atoms with Crippen LogP contribution in [0.5, 0.6) is 0 Å². The Bertz CT molecular complexity index is 1200. The molecule has 0 bridgehead atoms. The average Bonchev–Trinajstić information content (AvgIpc) is 3.22. The molecule has 4 aromatic rings. The van der Waals surface area contributed by atoms with E-state index in [9.17, 15) is 9.59 Å². The minimum atomic E-state index is -0.400. The van der Waals surface area contributed by atoms with Gasteiger partial charge >= 0.3 is 5.97 Å². The van der Waals surface area contributed by atoms with E-state index in [4.69, 9.17) is 0 Å². The maximum atomic E-state index is 12.6. The molecule has 0 aliphatic carbocycles. The number of esters is 1. The SMILES string of the molecule is COC(=O)c1ccc(C=c2sc3nc(-c4ccncc4)nn3c2=O)cc1. The molecule has 0 amide bonds. The Morgan fingerprint density at radius 1 is 1.15 bits per heavy atom. The molecule has 0 N–H and O–H groups in total. The van der Waals surface area contributed by atoms with Gasteiger partial charge in [0, 0.05) is 18.0 Å². The number of hydrogen-bond acceptors (Lipinski definition) is 7. The predicted octanol–water partition coefficient (Wildman–Crippen LogP) is 1.55. The lowest BCUT2D eigenvalue weighted by Crippen LogP contribution is -2.23. The molecule has 128 valence electrons. The highest BCUT2D eigenvalue weighted by Crippen LogP contribution is 2.15. The summed E-state index contributed by atoms with van der Waals surface area (Å²) < 4.78 is 6.49. The largest absolute Gasteiger partial charge is 0.465 e. The van der Waals surface area contributed by atoms with Gasteiger partial charge in [0.25, 0.3) is 5.56 Å². The van der Waals surface area contributed by atoms with E-state index in [1.165, 1.54) is 23.0 Å². The number of benzene rings is 1. The van der Waals surface area contributed by atoms with E-state index in [0.29, 0.717) is 20.9 Å². The lowest BCUT2D eigenvalue weighted by atomic mass is 10.1. The van der Waals surface area contributed by atoms with Crippen LogP contribution in [0.2, 0.25) is 0 Å². The van der Waals surface area contributed by atoms with Crippen molar-refractivity contribution in [2.24, 2.45) is 0 Å². The second kappa shape index (κ2) is 6.49. The van der Waals surface area contributed by atoms with Crippen LogP contribution in [0, 0.1) is 0 Å². The number of pyridine rings is 1. The van der Waals surface area contributed by atoms with Crippen LogP contribution in [0.1, 0.15) is 15.9 Å². The first kappa shape index (κ1) is 16.1. The summed E-state index contributed by atoms with van der Waals surface area (Å²) in [5.41, 5.74) is 1.83. The number of carbonyl (C=O) groups excluding carboxylic acids is 1. The lowest BCUT2D eigenvalue weighted by Gasteiger charge is -1.98. The first-order valence-electron chi connectivity index (χ1n) is 7.66. The topological polar surface area (TPSA) is 86.4 Å². The Labute approximate surface area is 151 Å². The first-order chi connectivity index (χ1) is 12.7. The summed E-state index contributed by atoms with van der Waals surface area (Å²) >= 11 is 1.26. The summed E-state index contributed by atoms with van der Waals surface area (Å²) in [5.74, 6) is 0.0910. The molecule has 7 nitrogen and oxygen atoms in total. The molecule has 0 fully saturated rings. The molecule has 8 heteroatoms. The number of nitrogens with zero attached hydrogens (tertiary/aromatic N) is 4. The van der Waals surface area contributed by atoms with Crippen molar-refractivity contribution in [3.63, 3.8) is 0 Å². The molecule has 0 spiro atoms. The van der Waals surface area contributed by atoms with Crippen LogP contribution < -0.4 is 10.1 Å². The summed E-state index contributed by atoms with van der Waals surface area (Å²) in [6, 6.07) is 10.4. The molecule has 0 aliphatic rings. The van der Waals surface area contributed by atoms with Gasteiger partial charge in [-0.15, -0.1) is 5.10 Å². The van der Waals surface area contributed by atoms with E-state index in [1.807, 2.05) is 0 Å². The highest BCUT2D eigenvalue weighted by molar-refractivity contribution is 7.15. The molecule has 0 saturated heterocycles. The summed E-state index contributed by atoms with van der Waals surface area (Å²) in [6.45, 7) is 0.